The van der Waals surface area contributed by atoms with E-state index < -0.39 is 16.2 Å². The summed E-state index contributed by atoms with van der Waals surface area (Å²) in [7, 11) is 0. The van der Waals surface area contributed by atoms with E-state index in [9.17, 15) is 24.5 Å². The molecular weight excluding hydrogens is 452 g/mol. The normalized spacial score (nSPS) is 11.3. The summed E-state index contributed by atoms with van der Waals surface area (Å²) < 4.78 is 3.27. The van der Waals surface area contributed by atoms with E-state index in [-0.39, 0.29) is 30.4 Å². The molecule has 0 bridgehead atoms. The zero-order chi connectivity index (χ0) is 25.7. The Morgan fingerprint density at radius 1 is 1.23 bits per heavy atom. The number of carbonyl (C=O) groups excluding carboxylic acids is 1. The van der Waals surface area contributed by atoms with E-state index in [1.807, 2.05) is 27.7 Å². The van der Waals surface area contributed by atoms with E-state index in [1.165, 1.54) is 10.6 Å². The minimum absolute atomic E-state index is 0.0340. The number of anilines is 1. The average Bonchev–Trinajstić information content (AvgIpc) is 3.15. The molecule has 0 radical (unpaired) electrons. The van der Waals surface area contributed by atoms with Crippen LogP contribution in [0.25, 0.3) is 11.2 Å². The summed E-state index contributed by atoms with van der Waals surface area (Å²) in [5.41, 5.74) is 0.573. The second-order valence-electron chi connectivity index (χ2n) is 8.97. The molecule has 0 spiro atoms. The third-order valence-corrected chi connectivity index (χ3v) is 5.77. The lowest BCUT2D eigenvalue weighted by Crippen LogP contribution is -2.31. The molecule has 0 aliphatic rings. The third kappa shape index (κ3) is 5.84. The molecule has 11 heteroatoms. The fourth-order valence-electron chi connectivity index (χ4n) is 4.05. The number of aryl methyl sites for hydroxylation is 3. The van der Waals surface area contributed by atoms with Crippen LogP contribution in [0.1, 0.15) is 58.3 Å². The molecular formula is C24H32N6O5. The molecule has 11 nitrogen and oxygen atoms in total. The number of nitrogens with zero attached hydrogens (tertiary/aromatic N) is 4. The van der Waals surface area contributed by atoms with Crippen LogP contribution in [-0.2, 0) is 30.7 Å². The van der Waals surface area contributed by atoms with Crippen LogP contribution in [0.5, 0.6) is 0 Å². The Kier molecular flexibility index (Phi) is 8.21. The molecule has 188 valence electrons. The van der Waals surface area contributed by atoms with Gasteiger partial charge in [-0.3, -0.25) is 29.3 Å². The van der Waals surface area contributed by atoms with Gasteiger partial charge < -0.3 is 9.88 Å². The standard InChI is InChI=1S/C24H32N6O5/c1-5-7-12-28-22-21(23(32)27-24(28)33)29(14-15(3)4)19(26-22)10-11-20(31)25-17-9-8-16(6-2)18(13-17)30(34)35/h8-9,13,15H,5-7,10-12,14H2,1-4H3,(H,25,31)(H,27,32,33). The van der Waals surface area contributed by atoms with Crippen LogP contribution in [0.2, 0.25) is 0 Å². The molecule has 0 saturated heterocycles. The predicted molar refractivity (Wildman–Crippen MR) is 134 cm³/mol. The summed E-state index contributed by atoms with van der Waals surface area (Å²) in [6.07, 6.45) is 2.45. The number of nitro benzene ring substituents is 1. The number of aromatic amines is 1. The van der Waals surface area contributed by atoms with Crippen molar-refractivity contribution in [2.24, 2.45) is 5.92 Å². The molecule has 1 amide bonds. The molecule has 2 heterocycles. The highest BCUT2D eigenvalue weighted by Gasteiger charge is 2.20. The number of rotatable bonds is 11. The van der Waals surface area contributed by atoms with Crippen LogP contribution in [-0.4, -0.2) is 29.9 Å². The molecule has 3 aromatic rings. The largest absolute Gasteiger partial charge is 0.330 e. The lowest BCUT2D eigenvalue weighted by Gasteiger charge is -2.12. The molecule has 3 rings (SSSR count). The summed E-state index contributed by atoms with van der Waals surface area (Å²) >= 11 is 0. The molecule has 0 aliphatic heterocycles. The van der Waals surface area contributed by atoms with Crippen molar-refractivity contribution >= 4 is 28.4 Å². The second-order valence-corrected chi connectivity index (χ2v) is 8.97. The number of H-pyrrole nitrogens is 1. The fourth-order valence-corrected chi connectivity index (χ4v) is 4.05. The molecule has 35 heavy (non-hydrogen) atoms. The fraction of sp³-hybridized carbons (Fsp3) is 0.500. The van der Waals surface area contributed by atoms with Gasteiger partial charge in [0.15, 0.2) is 11.2 Å². The zero-order valence-corrected chi connectivity index (χ0v) is 20.6. The quantitative estimate of drug-likeness (QED) is 0.315. The van der Waals surface area contributed by atoms with Gasteiger partial charge in [-0.2, -0.15) is 0 Å². The van der Waals surface area contributed by atoms with Crippen molar-refractivity contribution < 1.29 is 9.72 Å². The van der Waals surface area contributed by atoms with Crippen LogP contribution >= 0.6 is 0 Å². The maximum absolute atomic E-state index is 12.7. The molecule has 1 aromatic carbocycles. The average molecular weight is 485 g/mol. The van der Waals surface area contributed by atoms with Crippen LogP contribution in [0.3, 0.4) is 0 Å². The number of amides is 1. The Balaban J connectivity index is 1.89. The highest BCUT2D eigenvalue weighted by atomic mass is 16.6. The van der Waals surface area contributed by atoms with Crippen LogP contribution in [0.15, 0.2) is 27.8 Å². The van der Waals surface area contributed by atoms with E-state index in [0.717, 1.165) is 12.8 Å². The van der Waals surface area contributed by atoms with Gasteiger partial charge >= 0.3 is 5.69 Å². The highest BCUT2D eigenvalue weighted by Crippen LogP contribution is 2.24. The van der Waals surface area contributed by atoms with Crippen molar-refractivity contribution in [1.29, 1.82) is 0 Å². The van der Waals surface area contributed by atoms with E-state index in [0.29, 0.717) is 47.7 Å². The molecule has 0 fully saturated rings. The Labute approximate surface area is 202 Å². The molecule has 0 saturated carbocycles. The van der Waals surface area contributed by atoms with Gasteiger partial charge in [-0.05, 0) is 24.8 Å². The van der Waals surface area contributed by atoms with Gasteiger partial charge in [0.2, 0.25) is 5.91 Å². The summed E-state index contributed by atoms with van der Waals surface area (Å²) in [4.78, 5) is 55.7. The number of imidazole rings is 1. The Morgan fingerprint density at radius 2 is 1.97 bits per heavy atom. The topological polar surface area (TPSA) is 145 Å². The molecule has 0 atom stereocenters. The maximum atomic E-state index is 12.7. The number of unbranched alkanes of at least 4 members (excludes halogenated alkanes) is 1. The number of hydrogen-bond donors (Lipinski definition) is 2. The van der Waals surface area contributed by atoms with Crippen molar-refractivity contribution in [1.82, 2.24) is 19.1 Å². The third-order valence-electron chi connectivity index (χ3n) is 5.77. The first-order valence-corrected chi connectivity index (χ1v) is 12.0. The van der Waals surface area contributed by atoms with E-state index in [2.05, 4.69) is 15.3 Å². The minimum Gasteiger partial charge on any atom is -0.326 e. The number of benzene rings is 1. The van der Waals surface area contributed by atoms with Gasteiger partial charge in [0.1, 0.15) is 5.82 Å². The van der Waals surface area contributed by atoms with Gasteiger partial charge in [-0.15, -0.1) is 0 Å². The first-order chi connectivity index (χ1) is 16.7. The van der Waals surface area contributed by atoms with Crippen LogP contribution in [0.4, 0.5) is 11.4 Å². The van der Waals surface area contributed by atoms with E-state index >= 15 is 0 Å². The second kappa shape index (κ2) is 11.1. The van der Waals surface area contributed by atoms with Gasteiger partial charge in [-0.25, -0.2) is 9.78 Å². The Hall–Kier alpha value is -3.76. The van der Waals surface area contributed by atoms with Crippen molar-refractivity contribution in [2.75, 3.05) is 5.32 Å². The molecule has 2 aromatic heterocycles. The van der Waals surface area contributed by atoms with E-state index in [4.69, 9.17) is 0 Å². The van der Waals surface area contributed by atoms with Crippen molar-refractivity contribution in [2.45, 2.75) is 72.9 Å². The van der Waals surface area contributed by atoms with Gasteiger partial charge in [-0.1, -0.05) is 40.2 Å². The summed E-state index contributed by atoms with van der Waals surface area (Å²) in [6.45, 7) is 8.81. The van der Waals surface area contributed by atoms with Crippen molar-refractivity contribution in [3.63, 3.8) is 0 Å². The smallest absolute Gasteiger partial charge is 0.326 e. The molecule has 0 aliphatic carbocycles. The van der Waals surface area contributed by atoms with Crippen LogP contribution < -0.4 is 16.6 Å². The minimum atomic E-state index is -0.495. The van der Waals surface area contributed by atoms with E-state index in [1.54, 1.807) is 16.7 Å². The van der Waals surface area contributed by atoms with Gasteiger partial charge in [0.25, 0.3) is 11.2 Å². The van der Waals surface area contributed by atoms with Crippen molar-refractivity contribution in [3.8, 4) is 0 Å². The van der Waals surface area contributed by atoms with Gasteiger partial charge in [0, 0.05) is 43.2 Å². The number of carbonyl (C=O) groups is 1. The van der Waals surface area contributed by atoms with Gasteiger partial charge in [0.05, 0.1) is 4.92 Å². The summed E-state index contributed by atoms with van der Waals surface area (Å²) in [5, 5.41) is 14.0. The predicted octanol–water partition coefficient (Wildman–Crippen LogP) is 3.38. The lowest BCUT2D eigenvalue weighted by molar-refractivity contribution is -0.385. The summed E-state index contributed by atoms with van der Waals surface area (Å²) in [6, 6.07) is 4.64. The first-order valence-electron chi connectivity index (χ1n) is 12.0. The Morgan fingerprint density at radius 3 is 2.60 bits per heavy atom. The number of aromatic nitrogens is 4. The monoisotopic (exact) mass is 484 g/mol. The number of fused-ring (bicyclic) bond motifs is 1. The number of nitrogens with one attached hydrogen (secondary N) is 2. The number of nitro groups is 1. The zero-order valence-electron chi connectivity index (χ0n) is 20.6. The highest BCUT2D eigenvalue weighted by molar-refractivity contribution is 5.91. The maximum Gasteiger partial charge on any atom is 0.330 e. The first kappa shape index (κ1) is 25.9. The molecule has 2 N–H and O–H groups in total. The number of hydrogen-bond acceptors (Lipinski definition) is 6. The molecule has 0 unspecified atom stereocenters. The Bertz CT molecular complexity index is 1350. The summed E-state index contributed by atoms with van der Waals surface area (Å²) in [5.74, 6) is 0.412. The lowest BCUT2D eigenvalue weighted by atomic mass is 10.1. The van der Waals surface area contributed by atoms with Crippen molar-refractivity contribution in [3.05, 3.63) is 60.5 Å². The SMILES string of the molecule is CCCCn1c(=O)[nH]c(=O)c2c1nc(CCC(=O)Nc1ccc(CC)c([N+](=O)[O-])c1)n2CC(C)C. The van der Waals surface area contributed by atoms with Crippen LogP contribution in [0, 0.1) is 16.0 Å².